The fraction of sp³-hybridized carbons (Fsp3) is 0.929. The summed E-state index contributed by atoms with van der Waals surface area (Å²) in [5.74, 6) is -0.115. The standard InChI is InChI=1S/C14H29NO2/c1-6-8-10-15(11-9-7-2)12-14(3,4)13(16)17-5/h6-12H2,1-5H3. The minimum atomic E-state index is -0.407. The summed E-state index contributed by atoms with van der Waals surface area (Å²) in [5.41, 5.74) is -0.407. The summed E-state index contributed by atoms with van der Waals surface area (Å²) in [7, 11) is 1.46. The smallest absolute Gasteiger partial charge is 0.312 e. The highest BCUT2D eigenvalue weighted by Crippen LogP contribution is 2.19. The van der Waals surface area contributed by atoms with E-state index in [2.05, 4.69) is 18.7 Å². The SMILES string of the molecule is CCCCN(CCCC)CC(C)(C)C(=O)OC. The molecule has 0 amide bonds. The third-order valence-electron chi connectivity index (χ3n) is 3.01. The van der Waals surface area contributed by atoms with Crippen molar-refractivity contribution in [3.63, 3.8) is 0 Å². The highest BCUT2D eigenvalue weighted by molar-refractivity contribution is 5.76. The van der Waals surface area contributed by atoms with Gasteiger partial charge < -0.3 is 9.64 Å². The van der Waals surface area contributed by atoms with Crippen molar-refractivity contribution in [3.8, 4) is 0 Å². The number of carbonyl (C=O) groups is 1. The lowest BCUT2D eigenvalue weighted by Crippen LogP contribution is -2.40. The van der Waals surface area contributed by atoms with Crippen LogP contribution in [-0.2, 0) is 9.53 Å². The molecule has 0 aromatic rings. The summed E-state index contributed by atoms with van der Waals surface area (Å²) >= 11 is 0. The molecular weight excluding hydrogens is 214 g/mol. The summed E-state index contributed by atoms with van der Waals surface area (Å²) in [6.45, 7) is 11.3. The van der Waals surface area contributed by atoms with Crippen LogP contribution in [0, 0.1) is 5.41 Å². The van der Waals surface area contributed by atoms with Crippen LogP contribution in [0.15, 0.2) is 0 Å². The van der Waals surface area contributed by atoms with Gasteiger partial charge in [-0.15, -0.1) is 0 Å². The summed E-state index contributed by atoms with van der Waals surface area (Å²) in [6.07, 6.45) is 4.78. The van der Waals surface area contributed by atoms with Crippen molar-refractivity contribution in [2.75, 3.05) is 26.7 Å². The molecule has 0 fully saturated rings. The Hall–Kier alpha value is -0.570. The summed E-state index contributed by atoms with van der Waals surface area (Å²) < 4.78 is 4.86. The zero-order chi connectivity index (χ0) is 13.3. The first-order valence-electron chi connectivity index (χ1n) is 6.78. The van der Waals surface area contributed by atoms with Crippen LogP contribution in [-0.4, -0.2) is 37.6 Å². The van der Waals surface area contributed by atoms with Gasteiger partial charge in [-0.3, -0.25) is 4.79 Å². The minimum Gasteiger partial charge on any atom is -0.469 e. The summed E-state index contributed by atoms with van der Waals surface area (Å²) in [6, 6.07) is 0. The van der Waals surface area contributed by atoms with E-state index >= 15 is 0 Å². The fourth-order valence-electron chi connectivity index (χ4n) is 1.93. The van der Waals surface area contributed by atoms with Gasteiger partial charge in [-0.2, -0.15) is 0 Å². The van der Waals surface area contributed by atoms with E-state index in [1.807, 2.05) is 13.8 Å². The van der Waals surface area contributed by atoms with Crippen molar-refractivity contribution >= 4 is 5.97 Å². The van der Waals surface area contributed by atoms with E-state index in [0.717, 1.165) is 19.6 Å². The summed E-state index contributed by atoms with van der Waals surface area (Å²) in [4.78, 5) is 14.1. The highest BCUT2D eigenvalue weighted by atomic mass is 16.5. The lowest BCUT2D eigenvalue weighted by Gasteiger charge is -2.30. The molecule has 0 N–H and O–H groups in total. The molecular formula is C14H29NO2. The van der Waals surface area contributed by atoms with Crippen LogP contribution in [0.4, 0.5) is 0 Å². The normalized spacial score (nSPS) is 11.9. The molecule has 0 saturated carbocycles. The van der Waals surface area contributed by atoms with Crippen LogP contribution in [0.1, 0.15) is 53.4 Å². The average molecular weight is 243 g/mol. The quantitative estimate of drug-likeness (QED) is 0.583. The lowest BCUT2D eigenvalue weighted by molar-refractivity contribution is -0.151. The van der Waals surface area contributed by atoms with Crippen LogP contribution >= 0.6 is 0 Å². The first-order valence-corrected chi connectivity index (χ1v) is 6.78. The molecule has 0 radical (unpaired) electrons. The van der Waals surface area contributed by atoms with Gasteiger partial charge in [0.2, 0.25) is 0 Å². The lowest BCUT2D eigenvalue weighted by atomic mass is 9.92. The topological polar surface area (TPSA) is 29.5 Å². The van der Waals surface area contributed by atoms with Crippen molar-refractivity contribution in [1.29, 1.82) is 0 Å². The number of rotatable bonds is 9. The Morgan fingerprint density at radius 3 is 1.94 bits per heavy atom. The minimum absolute atomic E-state index is 0.115. The molecule has 3 nitrogen and oxygen atoms in total. The Kier molecular flexibility index (Phi) is 8.23. The predicted octanol–water partition coefficient (Wildman–Crippen LogP) is 3.09. The average Bonchev–Trinajstić information content (AvgIpc) is 2.31. The van der Waals surface area contributed by atoms with Crippen molar-refractivity contribution in [2.45, 2.75) is 53.4 Å². The van der Waals surface area contributed by atoms with Gasteiger partial charge in [-0.1, -0.05) is 26.7 Å². The largest absolute Gasteiger partial charge is 0.469 e. The van der Waals surface area contributed by atoms with E-state index < -0.39 is 5.41 Å². The zero-order valence-electron chi connectivity index (χ0n) is 12.2. The van der Waals surface area contributed by atoms with Gasteiger partial charge in [0.1, 0.15) is 0 Å². The van der Waals surface area contributed by atoms with Crippen molar-refractivity contribution in [1.82, 2.24) is 4.90 Å². The Bertz CT molecular complexity index is 206. The number of ether oxygens (including phenoxy) is 1. The van der Waals surface area contributed by atoms with Gasteiger partial charge in [0.15, 0.2) is 0 Å². The molecule has 0 aromatic carbocycles. The Balaban J connectivity index is 4.33. The third kappa shape index (κ3) is 6.67. The number of esters is 1. The first kappa shape index (κ1) is 16.4. The predicted molar refractivity (Wildman–Crippen MR) is 72.1 cm³/mol. The van der Waals surface area contributed by atoms with Gasteiger partial charge in [0.05, 0.1) is 12.5 Å². The second-order valence-electron chi connectivity index (χ2n) is 5.36. The molecule has 0 heterocycles. The molecule has 0 rings (SSSR count). The van der Waals surface area contributed by atoms with Crippen molar-refractivity contribution < 1.29 is 9.53 Å². The van der Waals surface area contributed by atoms with Crippen LogP contribution in [0.3, 0.4) is 0 Å². The molecule has 0 aliphatic rings. The van der Waals surface area contributed by atoms with E-state index in [0.29, 0.717) is 0 Å². The summed E-state index contributed by atoms with van der Waals surface area (Å²) in [5, 5.41) is 0. The van der Waals surface area contributed by atoms with Gasteiger partial charge >= 0.3 is 5.97 Å². The van der Waals surface area contributed by atoms with E-state index in [4.69, 9.17) is 4.74 Å². The third-order valence-corrected chi connectivity index (χ3v) is 3.01. The molecule has 3 heteroatoms. The second kappa shape index (κ2) is 8.51. The molecule has 0 aliphatic carbocycles. The maximum Gasteiger partial charge on any atom is 0.312 e. The molecule has 0 saturated heterocycles. The van der Waals surface area contributed by atoms with Gasteiger partial charge in [-0.05, 0) is 39.8 Å². The zero-order valence-corrected chi connectivity index (χ0v) is 12.2. The Morgan fingerprint density at radius 2 is 1.59 bits per heavy atom. The van der Waals surface area contributed by atoms with Gasteiger partial charge in [0, 0.05) is 6.54 Å². The fourth-order valence-corrected chi connectivity index (χ4v) is 1.93. The van der Waals surface area contributed by atoms with E-state index in [9.17, 15) is 4.79 Å². The van der Waals surface area contributed by atoms with Crippen molar-refractivity contribution in [2.24, 2.45) is 5.41 Å². The van der Waals surface area contributed by atoms with E-state index in [1.165, 1.54) is 32.8 Å². The molecule has 17 heavy (non-hydrogen) atoms. The molecule has 0 aliphatic heterocycles. The maximum atomic E-state index is 11.7. The molecule has 0 spiro atoms. The molecule has 0 bridgehead atoms. The van der Waals surface area contributed by atoms with Crippen LogP contribution in [0.5, 0.6) is 0 Å². The molecule has 0 unspecified atom stereocenters. The van der Waals surface area contributed by atoms with Crippen LogP contribution in [0.25, 0.3) is 0 Å². The van der Waals surface area contributed by atoms with Gasteiger partial charge in [0.25, 0.3) is 0 Å². The van der Waals surface area contributed by atoms with Gasteiger partial charge in [-0.25, -0.2) is 0 Å². The first-order chi connectivity index (χ1) is 7.97. The van der Waals surface area contributed by atoms with Crippen LogP contribution < -0.4 is 0 Å². The Morgan fingerprint density at radius 1 is 1.12 bits per heavy atom. The van der Waals surface area contributed by atoms with E-state index in [-0.39, 0.29) is 5.97 Å². The number of hydrogen-bond donors (Lipinski definition) is 0. The van der Waals surface area contributed by atoms with E-state index in [1.54, 1.807) is 0 Å². The second-order valence-corrected chi connectivity index (χ2v) is 5.36. The molecule has 0 aromatic heterocycles. The number of carbonyl (C=O) groups excluding carboxylic acids is 1. The highest BCUT2D eigenvalue weighted by Gasteiger charge is 2.30. The number of methoxy groups -OCH3 is 1. The molecule has 102 valence electrons. The molecule has 0 atom stereocenters. The Labute approximate surface area is 107 Å². The van der Waals surface area contributed by atoms with Crippen LogP contribution in [0.2, 0.25) is 0 Å². The number of hydrogen-bond acceptors (Lipinski definition) is 3. The maximum absolute atomic E-state index is 11.7. The van der Waals surface area contributed by atoms with Crippen molar-refractivity contribution in [3.05, 3.63) is 0 Å². The number of unbranched alkanes of at least 4 members (excludes halogenated alkanes) is 2. The monoisotopic (exact) mass is 243 g/mol. The number of nitrogens with zero attached hydrogens (tertiary/aromatic N) is 1.